The van der Waals surface area contributed by atoms with E-state index in [1.54, 1.807) is 18.3 Å². The number of rotatable bonds is 4. The number of nitrogens with zero attached hydrogens (tertiary/aromatic N) is 3. The van der Waals surface area contributed by atoms with Crippen LogP contribution in [0, 0.1) is 5.92 Å². The number of aromatic nitrogens is 3. The van der Waals surface area contributed by atoms with E-state index in [4.69, 9.17) is 23.2 Å². The van der Waals surface area contributed by atoms with Crippen molar-refractivity contribution in [3.8, 4) is 16.9 Å². The zero-order valence-electron chi connectivity index (χ0n) is 18.6. The van der Waals surface area contributed by atoms with Crippen molar-refractivity contribution in [3.63, 3.8) is 0 Å². The number of phenols is 1. The molecule has 8 heteroatoms. The van der Waals surface area contributed by atoms with Crippen molar-refractivity contribution >= 4 is 45.1 Å². The van der Waals surface area contributed by atoms with Gasteiger partial charge in [0.25, 0.3) is 0 Å². The van der Waals surface area contributed by atoms with Crippen LogP contribution in [0.15, 0.2) is 41.3 Å². The Balaban J connectivity index is 1.61. The van der Waals surface area contributed by atoms with Crippen LogP contribution in [0.4, 0.5) is 0 Å². The summed E-state index contributed by atoms with van der Waals surface area (Å²) in [6, 6.07) is 9.44. The summed E-state index contributed by atoms with van der Waals surface area (Å²) in [6.45, 7) is 1.09. The zero-order chi connectivity index (χ0) is 23.3. The van der Waals surface area contributed by atoms with E-state index in [2.05, 4.69) is 29.0 Å². The second kappa shape index (κ2) is 8.67. The first-order valence-corrected chi connectivity index (χ1v) is 11.9. The van der Waals surface area contributed by atoms with Crippen molar-refractivity contribution in [2.75, 3.05) is 20.6 Å². The molecular weight excluding hydrogens is 459 g/mol. The summed E-state index contributed by atoms with van der Waals surface area (Å²) in [7, 11) is 4.23. The monoisotopic (exact) mass is 484 g/mol. The van der Waals surface area contributed by atoms with E-state index in [-0.39, 0.29) is 27.5 Å². The molecule has 0 saturated heterocycles. The average molecular weight is 485 g/mol. The average Bonchev–Trinajstić information content (AvgIpc) is 3.13. The first kappa shape index (κ1) is 22.3. The van der Waals surface area contributed by atoms with Gasteiger partial charge in [-0.2, -0.15) is 0 Å². The Kier molecular flexibility index (Phi) is 5.85. The maximum atomic E-state index is 13.0. The molecule has 0 radical (unpaired) electrons. The zero-order valence-corrected chi connectivity index (χ0v) is 20.1. The van der Waals surface area contributed by atoms with Gasteiger partial charge in [0.05, 0.1) is 32.8 Å². The maximum absolute atomic E-state index is 13.0. The molecule has 1 aliphatic rings. The number of fused-ring (bicyclic) bond motifs is 3. The molecule has 1 saturated carbocycles. The molecule has 0 aliphatic heterocycles. The molecule has 33 heavy (non-hydrogen) atoms. The number of H-pyrrole nitrogens is 1. The third-order valence-electron chi connectivity index (χ3n) is 6.70. The standard InChI is InChI=1S/C25H26Cl2N4O2/c1-30(2)13-14-3-6-17(7-4-14)31-23-18-9-15(16-10-19(26)24(32)20(27)11-16)5-8-21(18)28-12-22(23)29-25(31)33/h5,8-12,14,17,32H,3-4,6-7,13H2,1-2H3,(H,29,33)/t14-,17-. The second-order valence-electron chi connectivity index (χ2n) is 9.28. The van der Waals surface area contributed by atoms with Crippen LogP contribution in [0.3, 0.4) is 0 Å². The molecule has 2 N–H and O–H groups in total. The predicted molar refractivity (Wildman–Crippen MR) is 135 cm³/mol. The van der Waals surface area contributed by atoms with Gasteiger partial charge in [0.15, 0.2) is 5.75 Å². The lowest BCUT2D eigenvalue weighted by atomic mass is 9.85. The normalized spacial score (nSPS) is 19.1. The first-order valence-electron chi connectivity index (χ1n) is 11.2. The van der Waals surface area contributed by atoms with Crippen molar-refractivity contribution in [1.82, 2.24) is 19.4 Å². The van der Waals surface area contributed by atoms with Gasteiger partial charge in [0, 0.05) is 18.0 Å². The van der Waals surface area contributed by atoms with E-state index in [0.29, 0.717) is 5.92 Å². The summed E-state index contributed by atoms with van der Waals surface area (Å²) in [5.74, 6) is 0.544. The summed E-state index contributed by atoms with van der Waals surface area (Å²) in [6.07, 6.45) is 5.93. The molecule has 172 valence electrons. The highest BCUT2D eigenvalue weighted by Crippen LogP contribution is 2.38. The fourth-order valence-electron chi connectivity index (χ4n) is 5.17. The molecule has 5 rings (SSSR count). The minimum Gasteiger partial charge on any atom is -0.505 e. The van der Waals surface area contributed by atoms with Crippen molar-refractivity contribution in [1.29, 1.82) is 0 Å². The van der Waals surface area contributed by atoms with Crippen LogP contribution in [0.5, 0.6) is 5.75 Å². The molecule has 1 fully saturated rings. The Labute approximate surface area is 201 Å². The van der Waals surface area contributed by atoms with E-state index in [9.17, 15) is 9.90 Å². The van der Waals surface area contributed by atoms with E-state index in [0.717, 1.165) is 65.3 Å². The Hall–Kier alpha value is -2.54. The Morgan fingerprint density at radius 3 is 2.45 bits per heavy atom. The molecule has 0 spiro atoms. The van der Waals surface area contributed by atoms with Gasteiger partial charge in [-0.25, -0.2) is 4.79 Å². The highest BCUT2D eigenvalue weighted by atomic mass is 35.5. The topological polar surface area (TPSA) is 74.2 Å². The summed E-state index contributed by atoms with van der Waals surface area (Å²) < 4.78 is 1.94. The number of pyridine rings is 1. The molecule has 0 amide bonds. The van der Waals surface area contributed by atoms with E-state index < -0.39 is 0 Å². The van der Waals surface area contributed by atoms with Crippen molar-refractivity contribution in [2.24, 2.45) is 5.92 Å². The van der Waals surface area contributed by atoms with E-state index >= 15 is 0 Å². The Morgan fingerprint density at radius 2 is 1.79 bits per heavy atom. The largest absolute Gasteiger partial charge is 0.505 e. The lowest BCUT2D eigenvalue weighted by Gasteiger charge is -2.31. The fraction of sp³-hybridized carbons (Fsp3) is 0.360. The third kappa shape index (κ3) is 4.12. The highest BCUT2D eigenvalue weighted by Gasteiger charge is 2.26. The molecule has 2 heterocycles. The van der Waals surface area contributed by atoms with Crippen LogP contribution in [-0.4, -0.2) is 45.2 Å². The minimum atomic E-state index is -0.128. The second-order valence-corrected chi connectivity index (χ2v) is 10.1. The van der Waals surface area contributed by atoms with Crippen LogP contribution < -0.4 is 5.69 Å². The SMILES string of the molecule is CN(C)C[C@H]1CC[C@H](n2c(=O)[nH]c3cnc4ccc(-c5cc(Cl)c(O)c(Cl)c5)cc4c32)CC1. The van der Waals surface area contributed by atoms with Crippen molar-refractivity contribution in [2.45, 2.75) is 31.7 Å². The van der Waals surface area contributed by atoms with Gasteiger partial charge in [-0.3, -0.25) is 9.55 Å². The molecule has 1 aliphatic carbocycles. The van der Waals surface area contributed by atoms with Crippen LogP contribution in [0.2, 0.25) is 10.0 Å². The lowest BCUT2D eigenvalue weighted by Crippen LogP contribution is -2.30. The molecular formula is C25H26Cl2N4O2. The Morgan fingerprint density at radius 1 is 1.09 bits per heavy atom. The molecule has 4 aromatic rings. The van der Waals surface area contributed by atoms with Crippen molar-refractivity contribution < 1.29 is 5.11 Å². The summed E-state index contributed by atoms with van der Waals surface area (Å²) in [4.78, 5) is 22.8. The van der Waals surface area contributed by atoms with E-state index in [1.165, 1.54) is 0 Å². The van der Waals surface area contributed by atoms with Gasteiger partial charge in [-0.05, 0) is 81.1 Å². The minimum absolute atomic E-state index is 0.0866. The molecule has 2 aromatic carbocycles. The third-order valence-corrected chi connectivity index (χ3v) is 7.27. The number of nitrogens with one attached hydrogen (secondary N) is 1. The van der Waals surface area contributed by atoms with Gasteiger partial charge < -0.3 is 15.0 Å². The lowest BCUT2D eigenvalue weighted by molar-refractivity contribution is 0.224. The van der Waals surface area contributed by atoms with Crippen molar-refractivity contribution in [3.05, 3.63) is 57.1 Å². The van der Waals surface area contributed by atoms with Gasteiger partial charge in [0.2, 0.25) is 0 Å². The summed E-state index contributed by atoms with van der Waals surface area (Å²) >= 11 is 12.3. The smallest absolute Gasteiger partial charge is 0.326 e. The number of aromatic amines is 1. The number of hydrogen-bond acceptors (Lipinski definition) is 4. The fourth-order valence-corrected chi connectivity index (χ4v) is 5.66. The number of halogens is 2. The van der Waals surface area contributed by atoms with Gasteiger partial charge in [-0.1, -0.05) is 29.3 Å². The number of aromatic hydroxyl groups is 1. The van der Waals surface area contributed by atoms with Gasteiger partial charge >= 0.3 is 5.69 Å². The molecule has 0 unspecified atom stereocenters. The van der Waals surface area contributed by atoms with Crippen LogP contribution in [-0.2, 0) is 0 Å². The van der Waals surface area contributed by atoms with E-state index in [1.807, 2.05) is 22.8 Å². The molecule has 0 bridgehead atoms. The molecule has 6 nitrogen and oxygen atoms in total. The predicted octanol–water partition coefficient (Wildman–Crippen LogP) is 5.85. The molecule has 2 aromatic heterocycles. The summed E-state index contributed by atoms with van der Waals surface area (Å²) in [5, 5.41) is 11.2. The first-order chi connectivity index (χ1) is 15.8. The van der Waals surface area contributed by atoms with Crippen LogP contribution in [0.25, 0.3) is 33.1 Å². The number of hydrogen-bond donors (Lipinski definition) is 2. The number of phenolic OH excluding ortho intramolecular Hbond substituents is 1. The number of imidazole rings is 1. The maximum Gasteiger partial charge on any atom is 0.326 e. The van der Waals surface area contributed by atoms with Gasteiger partial charge in [0.1, 0.15) is 0 Å². The molecule has 0 atom stereocenters. The van der Waals surface area contributed by atoms with Crippen LogP contribution >= 0.6 is 23.2 Å². The quantitative estimate of drug-likeness (QED) is 0.380. The Bertz CT molecular complexity index is 1380. The van der Waals surface area contributed by atoms with Gasteiger partial charge in [-0.15, -0.1) is 0 Å². The summed E-state index contributed by atoms with van der Waals surface area (Å²) in [5.41, 5.74) is 4.03. The highest BCUT2D eigenvalue weighted by molar-refractivity contribution is 6.37. The van der Waals surface area contributed by atoms with Crippen LogP contribution in [0.1, 0.15) is 31.7 Å². The number of benzene rings is 2.